The molecular weight excluding hydrogens is 186 g/mol. The Morgan fingerprint density at radius 2 is 2.40 bits per heavy atom. The molecule has 0 spiro atoms. The van der Waals surface area contributed by atoms with E-state index < -0.39 is 0 Å². The summed E-state index contributed by atoms with van der Waals surface area (Å²) in [5.74, 6) is 0. The van der Waals surface area contributed by atoms with Crippen LogP contribution < -0.4 is 10.6 Å². The van der Waals surface area contributed by atoms with E-state index in [1.54, 1.807) is 0 Å². The highest BCUT2D eigenvalue weighted by Gasteiger charge is 2.20. The van der Waals surface area contributed by atoms with Gasteiger partial charge < -0.3 is 10.6 Å². The summed E-state index contributed by atoms with van der Waals surface area (Å²) < 4.78 is 0. The fourth-order valence-corrected chi connectivity index (χ4v) is 2.31. The summed E-state index contributed by atoms with van der Waals surface area (Å²) in [5, 5.41) is 0. The number of aromatic nitrogens is 1. The molecule has 0 aromatic carbocycles. The molecule has 1 saturated heterocycles. The van der Waals surface area contributed by atoms with Gasteiger partial charge in [0.1, 0.15) is 0 Å². The molecule has 1 atom stereocenters. The van der Waals surface area contributed by atoms with E-state index in [9.17, 15) is 0 Å². The third-order valence-electron chi connectivity index (χ3n) is 3.21. The van der Waals surface area contributed by atoms with E-state index >= 15 is 0 Å². The number of piperidine rings is 1. The number of hydrogen-bond donors (Lipinski definition) is 1. The van der Waals surface area contributed by atoms with Gasteiger partial charge in [-0.15, -0.1) is 0 Å². The van der Waals surface area contributed by atoms with Crippen LogP contribution in [0.2, 0.25) is 0 Å². The Morgan fingerprint density at radius 1 is 1.53 bits per heavy atom. The minimum Gasteiger partial charge on any atom is -0.368 e. The number of hydrogen-bond acceptors (Lipinski definition) is 3. The van der Waals surface area contributed by atoms with E-state index in [1.807, 2.05) is 12.4 Å². The largest absolute Gasteiger partial charge is 0.368 e. The molecule has 3 nitrogen and oxygen atoms in total. The molecule has 2 rings (SSSR count). The minimum atomic E-state index is 0.576. The van der Waals surface area contributed by atoms with Gasteiger partial charge >= 0.3 is 0 Å². The maximum Gasteiger partial charge on any atom is 0.0445 e. The van der Waals surface area contributed by atoms with Crippen molar-refractivity contribution in [3.05, 3.63) is 24.0 Å². The van der Waals surface area contributed by atoms with E-state index in [-0.39, 0.29) is 0 Å². The third kappa shape index (κ3) is 2.12. The van der Waals surface area contributed by atoms with Gasteiger partial charge in [-0.1, -0.05) is 0 Å². The van der Waals surface area contributed by atoms with Gasteiger partial charge in [0.05, 0.1) is 0 Å². The lowest BCUT2D eigenvalue weighted by molar-refractivity contribution is 0.483. The summed E-state index contributed by atoms with van der Waals surface area (Å²) >= 11 is 0. The van der Waals surface area contributed by atoms with Crippen LogP contribution in [-0.2, 0) is 6.54 Å². The molecular formula is C12H19N3. The summed E-state index contributed by atoms with van der Waals surface area (Å²) in [7, 11) is 0. The zero-order valence-corrected chi connectivity index (χ0v) is 9.32. The molecule has 0 bridgehead atoms. The van der Waals surface area contributed by atoms with Gasteiger partial charge in [-0.3, -0.25) is 4.98 Å². The second kappa shape index (κ2) is 4.62. The molecule has 1 aromatic rings. The summed E-state index contributed by atoms with van der Waals surface area (Å²) in [4.78, 5) is 6.60. The Bertz CT molecular complexity index is 324. The van der Waals surface area contributed by atoms with Crippen molar-refractivity contribution in [2.24, 2.45) is 5.73 Å². The van der Waals surface area contributed by atoms with Crippen LogP contribution in [0.5, 0.6) is 0 Å². The van der Waals surface area contributed by atoms with Crippen molar-refractivity contribution in [1.29, 1.82) is 0 Å². The molecule has 0 aliphatic carbocycles. The van der Waals surface area contributed by atoms with E-state index in [0.29, 0.717) is 12.6 Å². The quantitative estimate of drug-likeness (QED) is 0.802. The Balaban J connectivity index is 2.26. The highest BCUT2D eigenvalue weighted by Crippen LogP contribution is 2.26. The van der Waals surface area contributed by atoms with Crippen LogP contribution >= 0.6 is 0 Å². The first kappa shape index (κ1) is 10.4. The topological polar surface area (TPSA) is 42.2 Å². The second-order valence-corrected chi connectivity index (χ2v) is 4.25. The summed E-state index contributed by atoms with van der Waals surface area (Å²) in [6, 6.07) is 2.72. The van der Waals surface area contributed by atoms with Gasteiger partial charge in [0.2, 0.25) is 0 Å². The summed E-state index contributed by atoms with van der Waals surface area (Å²) in [6.07, 6.45) is 7.66. The lowest BCUT2D eigenvalue weighted by Gasteiger charge is -2.36. The molecule has 1 aromatic heterocycles. The highest BCUT2D eigenvalue weighted by molar-refractivity contribution is 5.53. The molecule has 2 N–H and O–H groups in total. The van der Waals surface area contributed by atoms with Gasteiger partial charge in [-0.25, -0.2) is 0 Å². The highest BCUT2D eigenvalue weighted by atomic mass is 15.2. The van der Waals surface area contributed by atoms with Crippen molar-refractivity contribution in [2.45, 2.75) is 38.8 Å². The smallest absolute Gasteiger partial charge is 0.0445 e. The number of nitrogens with zero attached hydrogens (tertiary/aromatic N) is 2. The van der Waals surface area contributed by atoms with E-state index in [0.717, 1.165) is 12.1 Å². The first-order valence-corrected chi connectivity index (χ1v) is 5.72. The van der Waals surface area contributed by atoms with Crippen molar-refractivity contribution in [3.63, 3.8) is 0 Å². The molecule has 1 fully saturated rings. The molecule has 15 heavy (non-hydrogen) atoms. The molecule has 0 amide bonds. The van der Waals surface area contributed by atoms with Gasteiger partial charge in [-0.2, -0.15) is 0 Å². The molecule has 3 heteroatoms. The standard InChI is InChI=1S/C12H19N3/c1-10-4-2-3-7-15(10)12-5-6-14-9-11(12)8-13/h5-6,9-10H,2-4,7-8,13H2,1H3/t10-/m1/s1. The fourth-order valence-electron chi connectivity index (χ4n) is 2.31. The lowest BCUT2D eigenvalue weighted by Crippen LogP contribution is -2.38. The molecule has 0 unspecified atom stereocenters. The number of rotatable bonds is 2. The van der Waals surface area contributed by atoms with E-state index in [1.165, 1.54) is 24.9 Å². The van der Waals surface area contributed by atoms with Gasteiger partial charge in [0.25, 0.3) is 0 Å². The maximum atomic E-state index is 5.74. The average molecular weight is 205 g/mol. The van der Waals surface area contributed by atoms with Crippen molar-refractivity contribution in [3.8, 4) is 0 Å². The van der Waals surface area contributed by atoms with Crippen LogP contribution in [0, 0.1) is 0 Å². The predicted octanol–water partition coefficient (Wildman–Crippen LogP) is 1.92. The van der Waals surface area contributed by atoms with Crippen molar-refractivity contribution in [1.82, 2.24) is 4.98 Å². The Kier molecular flexibility index (Phi) is 3.21. The van der Waals surface area contributed by atoms with Crippen LogP contribution in [0.4, 0.5) is 5.69 Å². The fraction of sp³-hybridized carbons (Fsp3) is 0.583. The molecule has 1 aliphatic rings. The number of nitrogens with two attached hydrogens (primary N) is 1. The van der Waals surface area contributed by atoms with Gasteiger partial charge in [-0.05, 0) is 32.3 Å². The molecule has 0 radical (unpaired) electrons. The van der Waals surface area contributed by atoms with E-state index in [2.05, 4.69) is 22.9 Å². The second-order valence-electron chi connectivity index (χ2n) is 4.25. The van der Waals surface area contributed by atoms with Crippen LogP contribution in [0.1, 0.15) is 31.7 Å². The summed E-state index contributed by atoms with van der Waals surface area (Å²) in [5.41, 5.74) is 8.17. The van der Waals surface area contributed by atoms with Crippen molar-refractivity contribution >= 4 is 5.69 Å². The van der Waals surface area contributed by atoms with Crippen LogP contribution in [0.3, 0.4) is 0 Å². The minimum absolute atomic E-state index is 0.576. The molecule has 82 valence electrons. The van der Waals surface area contributed by atoms with E-state index in [4.69, 9.17) is 5.73 Å². The average Bonchev–Trinajstić information content (AvgIpc) is 2.30. The zero-order valence-electron chi connectivity index (χ0n) is 9.32. The van der Waals surface area contributed by atoms with Crippen molar-refractivity contribution in [2.75, 3.05) is 11.4 Å². The van der Waals surface area contributed by atoms with Gasteiger partial charge in [0, 0.05) is 42.8 Å². The first-order chi connectivity index (χ1) is 7.33. The SMILES string of the molecule is C[C@@H]1CCCCN1c1ccncc1CN. The van der Waals surface area contributed by atoms with Crippen molar-refractivity contribution < 1.29 is 0 Å². The van der Waals surface area contributed by atoms with Crippen LogP contribution in [0.25, 0.3) is 0 Å². The predicted molar refractivity (Wildman–Crippen MR) is 62.8 cm³/mol. The van der Waals surface area contributed by atoms with Crippen LogP contribution in [-0.4, -0.2) is 17.6 Å². The Labute approximate surface area is 91.3 Å². The first-order valence-electron chi connectivity index (χ1n) is 5.72. The number of pyridine rings is 1. The van der Waals surface area contributed by atoms with Gasteiger partial charge in [0.15, 0.2) is 0 Å². The molecule has 2 heterocycles. The Morgan fingerprint density at radius 3 is 3.13 bits per heavy atom. The lowest BCUT2D eigenvalue weighted by atomic mass is 10.0. The monoisotopic (exact) mass is 205 g/mol. The summed E-state index contributed by atoms with van der Waals surface area (Å²) in [6.45, 7) is 4.02. The maximum absolute atomic E-state index is 5.74. The zero-order chi connectivity index (χ0) is 10.7. The third-order valence-corrected chi connectivity index (χ3v) is 3.21. The number of anilines is 1. The van der Waals surface area contributed by atoms with Crippen LogP contribution in [0.15, 0.2) is 18.5 Å². The normalized spacial score (nSPS) is 21.7. The molecule has 0 saturated carbocycles. The molecule has 1 aliphatic heterocycles. The Hall–Kier alpha value is -1.09.